The van der Waals surface area contributed by atoms with Crippen molar-refractivity contribution in [1.82, 2.24) is 4.98 Å². The lowest BCUT2D eigenvalue weighted by molar-refractivity contribution is 0.562. The van der Waals surface area contributed by atoms with Crippen LogP contribution in [0.5, 0.6) is 0 Å². The summed E-state index contributed by atoms with van der Waals surface area (Å²) in [5.74, 6) is -0.786. The fraction of sp³-hybridized carbons (Fsp3) is 0.133. The summed E-state index contributed by atoms with van der Waals surface area (Å²) in [6.45, 7) is 1.68. The molecule has 1 unspecified atom stereocenters. The molecule has 22 heavy (non-hydrogen) atoms. The first-order chi connectivity index (χ1) is 10.4. The van der Waals surface area contributed by atoms with Crippen molar-refractivity contribution in [3.8, 4) is 0 Å². The highest BCUT2D eigenvalue weighted by Crippen LogP contribution is 2.37. The predicted molar refractivity (Wildman–Crippen MR) is 81.9 cm³/mol. The molecule has 7 heteroatoms. The maximum absolute atomic E-state index is 14.1. The van der Waals surface area contributed by atoms with Crippen LogP contribution in [0.2, 0.25) is 0 Å². The molecule has 2 aromatic rings. The first-order valence-corrected chi connectivity index (χ1v) is 8.08. The number of nitrogens with zero attached hydrogens (tertiary/aromatic N) is 2. The van der Waals surface area contributed by atoms with Crippen LogP contribution in [0.3, 0.4) is 0 Å². The molecule has 0 radical (unpaired) electrons. The minimum absolute atomic E-state index is 0.299. The summed E-state index contributed by atoms with van der Waals surface area (Å²) in [6.07, 6.45) is 4.53. The van der Waals surface area contributed by atoms with Crippen molar-refractivity contribution in [2.24, 2.45) is 5.73 Å². The van der Waals surface area contributed by atoms with Crippen LogP contribution in [0, 0.1) is 5.82 Å². The summed E-state index contributed by atoms with van der Waals surface area (Å²) >= 11 is 0. The minimum atomic E-state index is -4.09. The number of pyridine rings is 1. The van der Waals surface area contributed by atoms with Crippen molar-refractivity contribution in [2.75, 3.05) is 4.31 Å². The van der Waals surface area contributed by atoms with Crippen LogP contribution in [0.15, 0.2) is 53.3 Å². The number of hydrogen-bond acceptors (Lipinski definition) is 4. The fourth-order valence-corrected chi connectivity index (χ4v) is 4.24. The average Bonchev–Trinajstić information content (AvgIpc) is 2.46. The van der Waals surface area contributed by atoms with Gasteiger partial charge in [0.25, 0.3) is 10.0 Å². The van der Waals surface area contributed by atoms with E-state index in [1.165, 1.54) is 18.5 Å². The number of nitrogens with two attached hydrogens (primary N) is 1. The third-order valence-electron chi connectivity index (χ3n) is 3.38. The molecular weight excluding hydrogens is 305 g/mol. The van der Waals surface area contributed by atoms with E-state index in [-0.39, 0.29) is 4.90 Å². The summed E-state index contributed by atoms with van der Waals surface area (Å²) in [7, 11) is -4.09. The Hall–Kier alpha value is -2.25. The predicted octanol–water partition coefficient (Wildman–Crippen LogP) is 2.12. The fourth-order valence-electron chi connectivity index (χ4n) is 2.44. The van der Waals surface area contributed by atoms with Crippen LogP contribution in [-0.2, 0) is 10.0 Å². The molecule has 2 N–H and O–H groups in total. The van der Waals surface area contributed by atoms with Gasteiger partial charge in [-0.15, -0.1) is 0 Å². The Balaban J connectivity index is 2.33. The molecule has 1 atom stereocenters. The van der Waals surface area contributed by atoms with Crippen LogP contribution in [-0.4, -0.2) is 19.4 Å². The molecule has 2 heterocycles. The molecule has 0 saturated carbocycles. The van der Waals surface area contributed by atoms with Crippen LogP contribution in [0.25, 0.3) is 6.08 Å². The number of fused-ring (bicyclic) bond motifs is 1. The second kappa shape index (κ2) is 5.19. The smallest absolute Gasteiger partial charge is 0.272 e. The van der Waals surface area contributed by atoms with E-state index in [1.807, 2.05) is 0 Å². The lowest BCUT2D eigenvalue weighted by Crippen LogP contribution is -2.40. The second-order valence-corrected chi connectivity index (χ2v) is 6.72. The summed E-state index contributed by atoms with van der Waals surface area (Å²) in [4.78, 5) is 3.59. The Morgan fingerprint density at radius 2 is 2.05 bits per heavy atom. The molecule has 1 aliphatic rings. The van der Waals surface area contributed by atoms with E-state index in [4.69, 9.17) is 5.73 Å². The normalized spacial score (nSPS) is 17.6. The highest BCUT2D eigenvalue weighted by Gasteiger charge is 2.37. The third-order valence-corrected chi connectivity index (χ3v) is 5.23. The maximum atomic E-state index is 14.1. The van der Waals surface area contributed by atoms with Gasteiger partial charge >= 0.3 is 0 Å². The van der Waals surface area contributed by atoms with Gasteiger partial charge in [-0.3, -0.25) is 4.98 Å². The van der Waals surface area contributed by atoms with Gasteiger partial charge in [0.1, 0.15) is 10.7 Å². The zero-order valence-corrected chi connectivity index (χ0v) is 12.6. The maximum Gasteiger partial charge on any atom is 0.272 e. The summed E-state index contributed by atoms with van der Waals surface area (Å²) in [6, 6.07) is 6.80. The molecule has 3 rings (SSSR count). The zero-order chi connectivity index (χ0) is 15.9. The van der Waals surface area contributed by atoms with Crippen molar-refractivity contribution in [3.63, 3.8) is 0 Å². The van der Waals surface area contributed by atoms with E-state index in [0.717, 1.165) is 10.4 Å². The van der Waals surface area contributed by atoms with E-state index in [1.54, 1.807) is 31.2 Å². The first-order valence-electron chi connectivity index (χ1n) is 6.64. The van der Waals surface area contributed by atoms with Crippen molar-refractivity contribution >= 4 is 21.8 Å². The number of benzene rings is 1. The quantitative estimate of drug-likeness (QED) is 0.920. The molecule has 0 aliphatic carbocycles. The molecule has 0 bridgehead atoms. The molecule has 114 valence electrons. The number of anilines is 1. The van der Waals surface area contributed by atoms with Gasteiger partial charge in [-0.05, 0) is 36.8 Å². The Labute approximate surface area is 127 Å². The van der Waals surface area contributed by atoms with E-state index in [0.29, 0.717) is 16.9 Å². The third kappa shape index (κ3) is 2.18. The molecule has 0 spiro atoms. The van der Waals surface area contributed by atoms with E-state index in [2.05, 4.69) is 4.98 Å². The highest BCUT2D eigenvalue weighted by molar-refractivity contribution is 7.93. The van der Waals surface area contributed by atoms with E-state index < -0.39 is 21.9 Å². The van der Waals surface area contributed by atoms with Crippen LogP contribution < -0.4 is 10.0 Å². The number of hydrogen-bond donors (Lipinski definition) is 1. The highest BCUT2D eigenvalue weighted by atomic mass is 32.2. The molecular formula is C15H14FN3O2S. The Morgan fingerprint density at radius 1 is 1.27 bits per heavy atom. The lowest BCUT2D eigenvalue weighted by atomic mass is 10.1. The Bertz CT molecular complexity index is 848. The van der Waals surface area contributed by atoms with Gasteiger partial charge in [0.15, 0.2) is 0 Å². The molecule has 1 aliphatic heterocycles. The topological polar surface area (TPSA) is 76.3 Å². The number of halogens is 1. The SMILES string of the molecule is CC(N)C1=Cc2cccc(F)c2S(=O)(=O)N1c1cccnc1. The Kier molecular flexibility index (Phi) is 3.46. The van der Waals surface area contributed by atoms with Gasteiger partial charge in [0.2, 0.25) is 0 Å². The molecule has 0 fully saturated rings. The van der Waals surface area contributed by atoms with Gasteiger partial charge in [0, 0.05) is 12.2 Å². The van der Waals surface area contributed by atoms with Gasteiger partial charge in [0.05, 0.1) is 17.6 Å². The Morgan fingerprint density at radius 3 is 2.68 bits per heavy atom. The molecule has 1 aromatic carbocycles. The molecule has 1 aromatic heterocycles. The second-order valence-electron chi connectivity index (χ2n) is 5.00. The van der Waals surface area contributed by atoms with Gasteiger partial charge in [-0.25, -0.2) is 17.1 Å². The van der Waals surface area contributed by atoms with Crippen LogP contribution in [0.1, 0.15) is 12.5 Å². The molecule has 0 amide bonds. The van der Waals surface area contributed by atoms with Crippen LogP contribution >= 0.6 is 0 Å². The lowest BCUT2D eigenvalue weighted by Gasteiger charge is -2.32. The molecule has 0 saturated heterocycles. The van der Waals surface area contributed by atoms with Gasteiger partial charge in [-0.2, -0.15) is 0 Å². The van der Waals surface area contributed by atoms with Crippen LogP contribution in [0.4, 0.5) is 10.1 Å². The van der Waals surface area contributed by atoms with Crippen molar-refractivity contribution in [2.45, 2.75) is 17.9 Å². The average molecular weight is 319 g/mol. The van der Waals surface area contributed by atoms with Gasteiger partial charge in [-0.1, -0.05) is 12.1 Å². The van der Waals surface area contributed by atoms with Crippen molar-refractivity contribution in [3.05, 3.63) is 59.8 Å². The standard InChI is InChI=1S/C15H14FN3O2S/c1-10(17)14-8-11-4-2-6-13(16)15(11)22(20,21)19(14)12-5-3-7-18-9-12/h2-10H,17H2,1H3. The molecule has 5 nitrogen and oxygen atoms in total. The number of sulfonamides is 1. The minimum Gasteiger partial charge on any atom is -0.323 e. The van der Waals surface area contributed by atoms with Crippen molar-refractivity contribution < 1.29 is 12.8 Å². The summed E-state index contributed by atoms with van der Waals surface area (Å²) < 4.78 is 41.0. The monoisotopic (exact) mass is 319 g/mol. The summed E-state index contributed by atoms with van der Waals surface area (Å²) in [5, 5.41) is 0. The number of rotatable bonds is 2. The van der Waals surface area contributed by atoms with Gasteiger partial charge < -0.3 is 5.73 Å². The summed E-state index contributed by atoms with van der Waals surface area (Å²) in [5.41, 5.74) is 6.91. The van der Waals surface area contributed by atoms with Crippen molar-refractivity contribution in [1.29, 1.82) is 0 Å². The first kappa shape index (κ1) is 14.7. The number of aromatic nitrogens is 1. The zero-order valence-electron chi connectivity index (χ0n) is 11.8. The van der Waals surface area contributed by atoms with E-state index >= 15 is 0 Å². The largest absolute Gasteiger partial charge is 0.323 e. The van der Waals surface area contributed by atoms with E-state index in [9.17, 15) is 12.8 Å².